The highest BCUT2D eigenvalue weighted by molar-refractivity contribution is 7.89. The minimum absolute atomic E-state index is 0.0393. The van der Waals surface area contributed by atoms with E-state index in [0.717, 1.165) is 22.4 Å². The molecule has 1 aromatic carbocycles. The second-order valence-corrected chi connectivity index (χ2v) is 8.45. The van der Waals surface area contributed by atoms with Crippen molar-refractivity contribution in [3.05, 3.63) is 41.9 Å². The van der Waals surface area contributed by atoms with Crippen molar-refractivity contribution >= 4 is 15.7 Å². The maximum absolute atomic E-state index is 11.8. The third-order valence-electron chi connectivity index (χ3n) is 4.51. The summed E-state index contributed by atoms with van der Waals surface area (Å²) in [6.45, 7) is 6.53. The molecule has 2 N–H and O–H groups in total. The minimum Gasteiger partial charge on any atom is -0.492 e. The molecule has 0 bridgehead atoms. The van der Waals surface area contributed by atoms with Gasteiger partial charge in [-0.1, -0.05) is 19.9 Å². The predicted molar refractivity (Wildman–Crippen MR) is 93.1 cm³/mol. The number of ether oxygens (including phenoxy) is 1. The maximum atomic E-state index is 11.8. The zero-order valence-electron chi connectivity index (χ0n) is 14.1. The zero-order valence-corrected chi connectivity index (χ0v) is 15.0. The van der Waals surface area contributed by atoms with Gasteiger partial charge in [0, 0.05) is 28.9 Å². The van der Waals surface area contributed by atoms with Gasteiger partial charge in [-0.05, 0) is 24.6 Å². The second-order valence-electron chi connectivity index (χ2n) is 6.95. The van der Waals surface area contributed by atoms with Gasteiger partial charge >= 0.3 is 0 Å². The number of rotatable bonds is 2. The summed E-state index contributed by atoms with van der Waals surface area (Å²) in [5.74, 6) is 0.897. The van der Waals surface area contributed by atoms with Crippen LogP contribution in [0.1, 0.15) is 25.1 Å². The van der Waals surface area contributed by atoms with Gasteiger partial charge in [-0.25, -0.2) is 23.1 Å². The molecule has 25 heavy (non-hydrogen) atoms. The Morgan fingerprint density at radius 3 is 2.76 bits per heavy atom. The average molecular weight is 358 g/mol. The molecule has 0 spiro atoms. The van der Waals surface area contributed by atoms with Crippen molar-refractivity contribution in [1.82, 2.24) is 14.6 Å². The number of fused-ring (bicyclic) bond motifs is 2. The van der Waals surface area contributed by atoms with Crippen LogP contribution >= 0.6 is 0 Å². The monoisotopic (exact) mass is 358 g/mol. The molecule has 0 saturated carbocycles. The molecule has 3 heterocycles. The van der Waals surface area contributed by atoms with Crippen LogP contribution in [0.15, 0.2) is 35.5 Å². The van der Waals surface area contributed by atoms with Gasteiger partial charge < -0.3 is 4.74 Å². The van der Waals surface area contributed by atoms with Gasteiger partial charge in [-0.2, -0.15) is 5.10 Å². The number of aryl methyl sites for hydroxylation is 1. The molecule has 0 unspecified atom stereocenters. The molecular weight excluding hydrogens is 340 g/mol. The number of benzene rings is 1. The fourth-order valence-electron chi connectivity index (χ4n) is 3.21. The average Bonchev–Trinajstić information content (AvgIpc) is 3.02. The van der Waals surface area contributed by atoms with E-state index in [4.69, 9.17) is 9.88 Å². The number of nitrogens with two attached hydrogens (primary N) is 1. The summed E-state index contributed by atoms with van der Waals surface area (Å²) in [5, 5.41) is 9.51. The lowest BCUT2D eigenvalue weighted by Gasteiger charge is -2.15. The van der Waals surface area contributed by atoms with Gasteiger partial charge in [-0.15, -0.1) is 0 Å². The van der Waals surface area contributed by atoms with Gasteiger partial charge in [0.05, 0.1) is 12.3 Å². The lowest BCUT2D eigenvalue weighted by Crippen LogP contribution is -2.18. The molecule has 0 radical (unpaired) electrons. The number of primary sulfonamides is 1. The van der Waals surface area contributed by atoms with E-state index in [-0.39, 0.29) is 16.0 Å². The van der Waals surface area contributed by atoms with Crippen LogP contribution in [0.4, 0.5) is 0 Å². The molecule has 7 nitrogen and oxygen atoms in total. The van der Waals surface area contributed by atoms with Crippen molar-refractivity contribution < 1.29 is 13.2 Å². The van der Waals surface area contributed by atoms with Crippen LogP contribution in [0.25, 0.3) is 16.8 Å². The van der Waals surface area contributed by atoms with Crippen molar-refractivity contribution in [2.75, 3.05) is 6.61 Å². The Morgan fingerprint density at radius 1 is 1.28 bits per heavy atom. The first-order valence-electron chi connectivity index (χ1n) is 7.82. The number of hydrogen-bond acceptors (Lipinski definition) is 5. The van der Waals surface area contributed by atoms with Gasteiger partial charge in [0.1, 0.15) is 10.6 Å². The van der Waals surface area contributed by atoms with Crippen molar-refractivity contribution in [2.24, 2.45) is 5.14 Å². The summed E-state index contributed by atoms with van der Waals surface area (Å²) in [6, 6.07) is 6.00. The molecular formula is C17H18N4O3S. The maximum Gasteiger partial charge on any atom is 0.243 e. The number of hydrogen-bond donors (Lipinski definition) is 1. The third kappa shape index (κ3) is 2.49. The summed E-state index contributed by atoms with van der Waals surface area (Å²) < 4.78 is 30.7. The lowest BCUT2D eigenvalue weighted by molar-refractivity contribution is 0.291. The summed E-state index contributed by atoms with van der Waals surface area (Å²) in [4.78, 5) is 4.25. The molecule has 1 aliphatic rings. The van der Waals surface area contributed by atoms with Crippen molar-refractivity contribution in [1.29, 1.82) is 0 Å². The van der Waals surface area contributed by atoms with Crippen molar-refractivity contribution in [3.8, 4) is 16.9 Å². The smallest absolute Gasteiger partial charge is 0.243 e. The highest BCUT2D eigenvalue weighted by atomic mass is 32.2. The van der Waals surface area contributed by atoms with Gasteiger partial charge in [0.15, 0.2) is 5.65 Å². The van der Waals surface area contributed by atoms with Crippen LogP contribution in [0, 0.1) is 6.92 Å². The van der Waals surface area contributed by atoms with Crippen LogP contribution in [0.2, 0.25) is 0 Å². The van der Waals surface area contributed by atoms with Gasteiger partial charge in [0.25, 0.3) is 0 Å². The standard InChI is InChI=1S/C17H18N4O3S/c1-10-15(25(18,22)23)16-19-7-12(8-21(16)20-10)11-4-5-14-13(6-11)17(2,3)9-24-14/h4-8H,9H2,1-3H3,(H2,18,22,23). The van der Waals surface area contributed by atoms with Gasteiger partial charge in [-0.3, -0.25) is 0 Å². The fourth-order valence-corrected chi connectivity index (χ4v) is 4.06. The third-order valence-corrected chi connectivity index (χ3v) is 5.56. The molecule has 0 saturated heterocycles. The molecule has 0 fully saturated rings. The fraction of sp³-hybridized carbons (Fsp3) is 0.294. The minimum atomic E-state index is -3.88. The predicted octanol–water partition coefficient (Wildman–Crippen LogP) is 2.02. The largest absolute Gasteiger partial charge is 0.492 e. The summed E-state index contributed by atoms with van der Waals surface area (Å²) >= 11 is 0. The van der Waals surface area contributed by atoms with E-state index in [0.29, 0.717) is 12.3 Å². The van der Waals surface area contributed by atoms with Gasteiger partial charge in [0.2, 0.25) is 10.0 Å². The second kappa shape index (κ2) is 5.03. The Kier molecular flexibility index (Phi) is 3.23. The number of sulfonamides is 1. The van der Waals surface area contributed by atoms with Crippen LogP contribution in [0.3, 0.4) is 0 Å². The topological polar surface area (TPSA) is 99.6 Å². The van der Waals surface area contributed by atoms with Crippen LogP contribution in [0.5, 0.6) is 5.75 Å². The summed E-state index contributed by atoms with van der Waals surface area (Å²) in [6.07, 6.45) is 3.39. The first-order valence-corrected chi connectivity index (χ1v) is 9.37. The van der Waals surface area contributed by atoms with E-state index in [1.54, 1.807) is 19.3 Å². The molecule has 130 valence electrons. The Bertz CT molecular complexity index is 1120. The molecule has 0 aliphatic carbocycles. The van der Waals surface area contributed by atoms with E-state index in [1.165, 1.54) is 4.52 Å². The van der Waals surface area contributed by atoms with Crippen LogP contribution in [-0.4, -0.2) is 29.6 Å². The highest BCUT2D eigenvalue weighted by Crippen LogP contribution is 2.40. The van der Waals surface area contributed by atoms with E-state index in [2.05, 4.69) is 30.0 Å². The number of aromatic nitrogens is 3. The first-order chi connectivity index (χ1) is 11.7. The molecule has 1 aliphatic heterocycles. The zero-order chi connectivity index (χ0) is 18.0. The molecule has 3 aromatic rings. The molecule has 0 atom stereocenters. The molecule has 2 aromatic heterocycles. The van der Waals surface area contributed by atoms with E-state index in [9.17, 15) is 8.42 Å². The van der Waals surface area contributed by atoms with Crippen LogP contribution < -0.4 is 9.88 Å². The number of nitrogens with zero attached hydrogens (tertiary/aromatic N) is 3. The Labute approximate surface area is 145 Å². The van der Waals surface area contributed by atoms with Crippen LogP contribution in [-0.2, 0) is 15.4 Å². The first kappa shape index (κ1) is 16.0. The Balaban J connectivity index is 1.87. The summed E-state index contributed by atoms with van der Waals surface area (Å²) in [5.41, 5.74) is 3.46. The van der Waals surface area contributed by atoms with E-state index >= 15 is 0 Å². The quantitative estimate of drug-likeness (QED) is 0.755. The molecule has 4 rings (SSSR count). The lowest BCUT2D eigenvalue weighted by atomic mass is 9.85. The van der Waals surface area contributed by atoms with Crippen molar-refractivity contribution in [3.63, 3.8) is 0 Å². The van der Waals surface area contributed by atoms with E-state index in [1.807, 2.05) is 12.1 Å². The normalized spacial score (nSPS) is 16.0. The Hall–Kier alpha value is -2.45. The molecule has 8 heteroatoms. The van der Waals surface area contributed by atoms with Crippen molar-refractivity contribution in [2.45, 2.75) is 31.1 Å². The summed E-state index contributed by atoms with van der Waals surface area (Å²) in [7, 11) is -3.88. The highest BCUT2D eigenvalue weighted by Gasteiger charge is 2.32. The van der Waals surface area contributed by atoms with E-state index < -0.39 is 10.0 Å². The Morgan fingerprint density at radius 2 is 2.04 bits per heavy atom. The molecule has 0 amide bonds. The SMILES string of the molecule is Cc1nn2cc(-c3ccc4c(c3)C(C)(C)CO4)cnc2c1S(N)(=O)=O.